The number of pyridine rings is 1. The average Bonchev–Trinajstić information content (AvgIpc) is 3.42. The standard InChI is InChI=1S/C24H19N5O3/c25-10-14-4-3-5-15(26-14)11-29-12-17(16-6-1-2-7-20(16)29)23-24(30)28-19-9-22-21(31-13-32-22)8-18(19)27-23/h1-9,12H,10-11,13,25H2,(H,28,30). The molecule has 6 rings (SSSR count). The number of aromatic nitrogens is 4. The number of hydrogen-bond acceptors (Lipinski definition) is 6. The number of H-pyrrole nitrogens is 1. The second-order valence-electron chi connectivity index (χ2n) is 7.65. The van der Waals surface area contributed by atoms with Crippen LogP contribution in [-0.2, 0) is 13.1 Å². The minimum atomic E-state index is -0.262. The Hall–Kier alpha value is -4.17. The molecule has 0 aliphatic carbocycles. The Bertz CT molecular complexity index is 1550. The van der Waals surface area contributed by atoms with Gasteiger partial charge in [0.25, 0.3) is 5.56 Å². The SMILES string of the molecule is NCc1cccc(Cn2cc(-c3nc4cc5c(cc4[nH]c3=O)OCO5)c3ccccc32)n1. The number of nitrogens with zero attached hydrogens (tertiary/aromatic N) is 3. The number of fused-ring (bicyclic) bond motifs is 3. The van der Waals surface area contributed by atoms with Gasteiger partial charge in [-0.3, -0.25) is 9.78 Å². The molecule has 3 aromatic heterocycles. The van der Waals surface area contributed by atoms with Crippen LogP contribution in [0.5, 0.6) is 11.5 Å². The minimum absolute atomic E-state index is 0.162. The topological polar surface area (TPSA) is 108 Å². The zero-order chi connectivity index (χ0) is 21.7. The third-order valence-electron chi connectivity index (χ3n) is 5.64. The predicted octanol–water partition coefficient (Wildman–Crippen LogP) is 3.18. The van der Waals surface area contributed by atoms with Crippen LogP contribution in [0.4, 0.5) is 0 Å². The van der Waals surface area contributed by atoms with Gasteiger partial charge in [-0.2, -0.15) is 0 Å². The Kier molecular flexibility index (Phi) is 4.19. The first-order valence-corrected chi connectivity index (χ1v) is 10.3. The molecule has 158 valence electrons. The van der Waals surface area contributed by atoms with Crippen molar-refractivity contribution in [1.29, 1.82) is 0 Å². The van der Waals surface area contributed by atoms with Crippen LogP contribution >= 0.6 is 0 Å². The molecule has 0 fully saturated rings. The molecule has 8 nitrogen and oxygen atoms in total. The monoisotopic (exact) mass is 425 g/mol. The molecule has 3 N–H and O–H groups in total. The number of ether oxygens (including phenoxy) is 2. The number of hydrogen-bond donors (Lipinski definition) is 2. The molecule has 0 bridgehead atoms. The Balaban J connectivity index is 1.51. The van der Waals surface area contributed by atoms with Gasteiger partial charge in [0.2, 0.25) is 6.79 Å². The van der Waals surface area contributed by atoms with Gasteiger partial charge in [-0.15, -0.1) is 0 Å². The van der Waals surface area contributed by atoms with Crippen LogP contribution in [0.15, 0.2) is 65.6 Å². The van der Waals surface area contributed by atoms with E-state index in [9.17, 15) is 4.79 Å². The van der Waals surface area contributed by atoms with E-state index in [0.717, 1.165) is 27.9 Å². The molecule has 0 radical (unpaired) electrons. The van der Waals surface area contributed by atoms with Gasteiger partial charge in [-0.05, 0) is 18.2 Å². The third kappa shape index (κ3) is 3.00. The van der Waals surface area contributed by atoms with E-state index in [-0.39, 0.29) is 12.4 Å². The maximum atomic E-state index is 13.0. The van der Waals surface area contributed by atoms with Crippen molar-refractivity contribution in [2.75, 3.05) is 6.79 Å². The number of benzene rings is 2. The summed E-state index contributed by atoms with van der Waals surface area (Å²) >= 11 is 0. The van der Waals surface area contributed by atoms with Crippen LogP contribution in [0.2, 0.25) is 0 Å². The van der Waals surface area contributed by atoms with Gasteiger partial charge in [-0.1, -0.05) is 24.3 Å². The largest absolute Gasteiger partial charge is 0.454 e. The Morgan fingerprint density at radius 1 is 1.00 bits per heavy atom. The maximum absolute atomic E-state index is 13.0. The molecule has 1 aliphatic rings. The first kappa shape index (κ1) is 18.6. The van der Waals surface area contributed by atoms with E-state index in [0.29, 0.717) is 41.3 Å². The highest BCUT2D eigenvalue weighted by atomic mass is 16.7. The summed E-state index contributed by atoms with van der Waals surface area (Å²) < 4.78 is 13.0. The van der Waals surface area contributed by atoms with Crippen molar-refractivity contribution in [3.8, 4) is 22.8 Å². The Morgan fingerprint density at radius 2 is 1.81 bits per heavy atom. The molecule has 0 unspecified atom stereocenters. The van der Waals surface area contributed by atoms with Gasteiger partial charge in [-0.25, -0.2) is 4.98 Å². The minimum Gasteiger partial charge on any atom is -0.454 e. The molecule has 0 atom stereocenters. The smallest absolute Gasteiger partial charge is 0.275 e. The van der Waals surface area contributed by atoms with Crippen molar-refractivity contribution in [1.82, 2.24) is 19.5 Å². The highest BCUT2D eigenvalue weighted by molar-refractivity contribution is 5.96. The highest BCUT2D eigenvalue weighted by Crippen LogP contribution is 2.35. The van der Waals surface area contributed by atoms with Crippen molar-refractivity contribution in [2.45, 2.75) is 13.1 Å². The third-order valence-corrected chi connectivity index (χ3v) is 5.64. The summed E-state index contributed by atoms with van der Waals surface area (Å²) in [6.45, 7) is 1.11. The molecule has 0 spiro atoms. The summed E-state index contributed by atoms with van der Waals surface area (Å²) in [5, 5.41) is 0.945. The molecule has 8 heteroatoms. The van der Waals surface area contributed by atoms with Crippen LogP contribution in [0.1, 0.15) is 11.4 Å². The van der Waals surface area contributed by atoms with Crippen molar-refractivity contribution in [2.24, 2.45) is 5.73 Å². The van der Waals surface area contributed by atoms with E-state index in [2.05, 4.69) is 14.5 Å². The molecule has 5 aromatic rings. The van der Waals surface area contributed by atoms with Crippen molar-refractivity contribution < 1.29 is 9.47 Å². The number of para-hydroxylation sites is 1. The van der Waals surface area contributed by atoms with Crippen molar-refractivity contribution in [3.05, 3.63) is 82.5 Å². The highest BCUT2D eigenvalue weighted by Gasteiger charge is 2.19. The Labute approximate surface area is 182 Å². The van der Waals surface area contributed by atoms with Crippen molar-refractivity contribution >= 4 is 21.9 Å². The fraction of sp³-hybridized carbons (Fsp3) is 0.125. The number of rotatable bonds is 4. The second-order valence-corrected chi connectivity index (χ2v) is 7.65. The fourth-order valence-electron chi connectivity index (χ4n) is 4.13. The number of nitrogens with one attached hydrogen (secondary N) is 1. The van der Waals surface area contributed by atoms with Gasteiger partial charge in [0.15, 0.2) is 11.5 Å². The van der Waals surface area contributed by atoms with Crippen molar-refractivity contribution in [3.63, 3.8) is 0 Å². The molecular weight excluding hydrogens is 406 g/mol. The van der Waals surface area contributed by atoms with E-state index >= 15 is 0 Å². The quantitative estimate of drug-likeness (QED) is 0.458. The summed E-state index contributed by atoms with van der Waals surface area (Å²) in [5.74, 6) is 1.22. The molecule has 32 heavy (non-hydrogen) atoms. The van der Waals surface area contributed by atoms with Gasteiger partial charge >= 0.3 is 0 Å². The maximum Gasteiger partial charge on any atom is 0.275 e. The lowest BCUT2D eigenvalue weighted by Gasteiger charge is -2.06. The lowest BCUT2D eigenvalue weighted by Crippen LogP contribution is -2.11. The molecule has 0 amide bonds. The normalized spacial score (nSPS) is 12.7. The van der Waals surface area contributed by atoms with Crippen LogP contribution in [0, 0.1) is 0 Å². The number of aromatic amines is 1. The lowest BCUT2D eigenvalue weighted by atomic mass is 10.1. The van der Waals surface area contributed by atoms with Gasteiger partial charge < -0.3 is 24.8 Å². The molecule has 1 aliphatic heterocycles. The van der Waals surface area contributed by atoms with Crippen LogP contribution in [0.3, 0.4) is 0 Å². The van der Waals surface area contributed by atoms with Crippen LogP contribution in [0.25, 0.3) is 33.2 Å². The molecule has 4 heterocycles. The van der Waals surface area contributed by atoms with Gasteiger partial charge in [0.05, 0.1) is 29.0 Å². The Morgan fingerprint density at radius 3 is 2.69 bits per heavy atom. The van der Waals surface area contributed by atoms with E-state index in [1.807, 2.05) is 48.7 Å². The average molecular weight is 425 g/mol. The summed E-state index contributed by atoms with van der Waals surface area (Å²) in [4.78, 5) is 25.2. The predicted molar refractivity (Wildman–Crippen MR) is 121 cm³/mol. The van der Waals surface area contributed by atoms with E-state index in [1.54, 1.807) is 12.1 Å². The molecule has 0 saturated heterocycles. The van der Waals surface area contributed by atoms with Gasteiger partial charge in [0, 0.05) is 41.3 Å². The first-order chi connectivity index (χ1) is 15.7. The van der Waals surface area contributed by atoms with E-state index < -0.39 is 0 Å². The summed E-state index contributed by atoms with van der Waals surface area (Å²) in [5.41, 5.74) is 10.6. The number of nitrogens with two attached hydrogens (primary N) is 1. The van der Waals surface area contributed by atoms with Crippen LogP contribution < -0.4 is 20.8 Å². The molecular formula is C24H19N5O3. The van der Waals surface area contributed by atoms with Gasteiger partial charge in [0.1, 0.15) is 5.69 Å². The zero-order valence-electron chi connectivity index (χ0n) is 17.0. The first-order valence-electron chi connectivity index (χ1n) is 10.3. The second kappa shape index (κ2) is 7.21. The zero-order valence-corrected chi connectivity index (χ0v) is 17.0. The summed E-state index contributed by atoms with van der Waals surface area (Å²) in [6, 6.07) is 17.3. The fourth-order valence-corrected chi connectivity index (χ4v) is 4.13. The molecule has 2 aromatic carbocycles. The van der Waals surface area contributed by atoms with E-state index in [1.165, 1.54) is 0 Å². The van der Waals surface area contributed by atoms with E-state index in [4.69, 9.17) is 20.2 Å². The summed E-state index contributed by atoms with van der Waals surface area (Å²) in [6.07, 6.45) is 1.96. The molecule has 0 saturated carbocycles. The summed E-state index contributed by atoms with van der Waals surface area (Å²) in [7, 11) is 0. The van der Waals surface area contributed by atoms with Crippen LogP contribution in [-0.4, -0.2) is 26.3 Å². The lowest BCUT2D eigenvalue weighted by molar-refractivity contribution is 0.174.